The number of hydrogen-bond donors (Lipinski definition) is 1. The normalized spacial score (nSPS) is 28.0. The van der Waals surface area contributed by atoms with Crippen LogP contribution in [0.25, 0.3) is 0 Å². The van der Waals surface area contributed by atoms with Gasteiger partial charge in [0.25, 0.3) is 0 Å². The highest BCUT2D eigenvalue weighted by Gasteiger charge is 2.39. The second kappa shape index (κ2) is 6.29. The van der Waals surface area contributed by atoms with E-state index in [1.54, 1.807) is 4.31 Å². The number of nitrogens with one attached hydrogen (secondary N) is 1. The number of rotatable bonds is 5. The lowest BCUT2D eigenvalue weighted by molar-refractivity contribution is 0.328. The smallest absolute Gasteiger partial charge is 0.217 e. The summed E-state index contributed by atoms with van der Waals surface area (Å²) in [4.78, 5) is 0. The Bertz CT molecular complexity index is 510. The second-order valence-corrected chi connectivity index (χ2v) is 10.1. The van der Waals surface area contributed by atoms with E-state index in [0.29, 0.717) is 13.1 Å². The van der Waals surface area contributed by atoms with Crippen molar-refractivity contribution >= 4 is 19.9 Å². The Hall–Kier alpha value is -0.180. The second-order valence-electron chi connectivity index (χ2n) is 5.65. The summed E-state index contributed by atoms with van der Waals surface area (Å²) in [6.07, 6.45) is 2.10. The van der Waals surface area contributed by atoms with Crippen LogP contribution in [0.1, 0.15) is 32.6 Å². The zero-order valence-electron chi connectivity index (χ0n) is 11.9. The van der Waals surface area contributed by atoms with E-state index in [1.807, 2.05) is 6.92 Å². The molecule has 0 aromatic heterocycles. The Labute approximate surface area is 121 Å². The molecule has 0 radical (unpaired) electrons. The maximum atomic E-state index is 12.8. The van der Waals surface area contributed by atoms with Gasteiger partial charge >= 0.3 is 0 Å². The zero-order chi connectivity index (χ0) is 14.8. The van der Waals surface area contributed by atoms with Crippen LogP contribution in [0.2, 0.25) is 0 Å². The lowest BCUT2D eigenvalue weighted by Gasteiger charge is -2.32. The standard InChI is InChI=1S/C12H24N2O4S2/c1-2-7-14(11-3-6-13-10-11)20(17,18)12-4-8-19(15,16)9-5-12/h11-13H,2-10H2,1H3. The van der Waals surface area contributed by atoms with Crippen molar-refractivity contribution in [3.63, 3.8) is 0 Å². The summed E-state index contributed by atoms with van der Waals surface area (Å²) in [7, 11) is -6.42. The van der Waals surface area contributed by atoms with Crippen LogP contribution in [0.15, 0.2) is 0 Å². The van der Waals surface area contributed by atoms with Gasteiger partial charge in [0.05, 0.1) is 16.8 Å². The minimum atomic E-state index is -3.39. The van der Waals surface area contributed by atoms with Crippen molar-refractivity contribution in [3.05, 3.63) is 0 Å². The number of sulfonamides is 1. The predicted octanol–water partition coefficient (Wildman–Crippen LogP) is -0.0327. The van der Waals surface area contributed by atoms with Gasteiger partial charge in [-0.2, -0.15) is 4.31 Å². The molecule has 2 aliphatic heterocycles. The van der Waals surface area contributed by atoms with E-state index in [-0.39, 0.29) is 30.4 Å². The molecule has 6 nitrogen and oxygen atoms in total. The SMILES string of the molecule is CCCN(C1CCNC1)S(=O)(=O)C1CCS(=O)(=O)CC1. The largest absolute Gasteiger partial charge is 0.315 e. The molecule has 0 bridgehead atoms. The van der Waals surface area contributed by atoms with Crippen molar-refractivity contribution in [1.29, 1.82) is 0 Å². The summed E-state index contributed by atoms with van der Waals surface area (Å²) in [5.41, 5.74) is 0. The first-order chi connectivity index (χ1) is 9.37. The average Bonchev–Trinajstić information content (AvgIpc) is 2.88. The van der Waals surface area contributed by atoms with Crippen LogP contribution in [-0.2, 0) is 19.9 Å². The molecular weight excluding hydrogens is 300 g/mol. The molecule has 2 saturated heterocycles. The maximum absolute atomic E-state index is 12.8. The lowest BCUT2D eigenvalue weighted by Crippen LogP contribution is -2.48. The third-order valence-electron chi connectivity index (χ3n) is 4.14. The molecule has 2 aliphatic rings. The van der Waals surface area contributed by atoms with Gasteiger partial charge in [-0.3, -0.25) is 0 Å². The molecule has 1 N–H and O–H groups in total. The highest BCUT2D eigenvalue weighted by Crippen LogP contribution is 2.25. The molecule has 0 aliphatic carbocycles. The van der Waals surface area contributed by atoms with E-state index in [0.717, 1.165) is 19.4 Å². The topological polar surface area (TPSA) is 83.6 Å². The van der Waals surface area contributed by atoms with Gasteiger partial charge in [0, 0.05) is 19.1 Å². The zero-order valence-corrected chi connectivity index (χ0v) is 13.5. The third-order valence-corrected chi connectivity index (χ3v) is 8.30. The van der Waals surface area contributed by atoms with Crippen LogP contribution in [0.3, 0.4) is 0 Å². The van der Waals surface area contributed by atoms with Gasteiger partial charge in [-0.05, 0) is 32.2 Å². The Morgan fingerprint density at radius 3 is 2.35 bits per heavy atom. The van der Waals surface area contributed by atoms with Crippen LogP contribution in [0.4, 0.5) is 0 Å². The highest BCUT2D eigenvalue weighted by atomic mass is 32.2. The summed E-state index contributed by atoms with van der Waals surface area (Å²) in [6.45, 7) is 4.04. The Kier molecular flexibility index (Phi) is 5.09. The highest BCUT2D eigenvalue weighted by molar-refractivity contribution is 7.92. The molecule has 1 atom stereocenters. The van der Waals surface area contributed by atoms with E-state index in [9.17, 15) is 16.8 Å². The van der Waals surface area contributed by atoms with E-state index >= 15 is 0 Å². The maximum Gasteiger partial charge on any atom is 0.217 e. The number of sulfone groups is 1. The van der Waals surface area contributed by atoms with Crippen molar-refractivity contribution in [2.45, 2.75) is 43.9 Å². The Balaban J connectivity index is 2.13. The van der Waals surface area contributed by atoms with Crippen molar-refractivity contribution in [2.75, 3.05) is 31.1 Å². The summed E-state index contributed by atoms with van der Waals surface area (Å²) in [5, 5.41) is 2.67. The Morgan fingerprint density at radius 2 is 1.85 bits per heavy atom. The van der Waals surface area contributed by atoms with E-state index in [2.05, 4.69) is 5.32 Å². The van der Waals surface area contributed by atoms with E-state index < -0.39 is 25.1 Å². The van der Waals surface area contributed by atoms with Crippen molar-refractivity contribution in [2.24, 2.45) is 0 Å². The fourth-order valence-electron chi connectivity index (χ4n) is 2.98. The van der Waals surface area contributed by atoms with Gasteiger partial charge in [-0.15, -0.1) is 0 Å². The first kappa shape index (κ1) is 16.2. The van der Waals surface area contributed by atoms with E-state index in [4.69, 9.17) is 0 Å². The molecule has 8 heteroatoms. The molecule has 2 heterocycles. The van der Waals surface area contributed by atoms with Gasteiger partial charge < -0.3 is 5.32 Å². The van der Waals surface area contributed by atoms with Crippen molar-refractivity contribution in [1.82, 2.24) is 9.62 Å². The fraction of sp³-hybridized carbons (Fsp3) is 1.00. The van der Waals surface area contributed by atoms with Crippen molar-refractivity contribution in [3.8, 4) is 0 Å². The molecule has 0 spiro atoms. The van der Waals surface area contributed by atoms with Crippen LogP contribution < -0.4 is 5.32 Å². The van der Waals surface area contributed by atoms with E-state index in [1.165, 1.54) is 0 Å². The first-order valence-electron chi connectivity index (χ1n) is 7.28. The molecular formula is C12H24N2O4S2. The van der Waals surface area contributed by atoms with Gasteiger partial charge in [-0.1, -0.05) is 6.92 Å². The molecule has 2 rings (SSSR count). The molecule has 20 heavy (non-hydrogen) atoms. The summed E-state index contributed by atoms with van der Waals surface area (Å²) in [6, 6.07) is 0.0264. The molecule has 0 aromatic carbocycles. The molecule has 0 aromatic rings. The van der Waals surface area contributed by atoms with Gasteiger partial charge in [0.2, 0.25) is 10.0 Å². The molecule has 118 valence electrons. The molecule has 1 unspecified atom stereocenters. The number of hydrogen-bond acceptors (Lipinski definition) is 5. The third kappa shape index (κ3) is 3.52. The van der Waals surface area contributed by atoms with Gasteiger partial charge in [0.15, 0.2) is 0 Å². The molecule has 0 amide bonds. The van der Waals surface area contributed by atoms with Crippen molar-refractivity contribution < 1.29 is 16.8 Å². The van der Waals surface area contributed by atoms with Crippen LogP contribution in [-0.4, -0.2) is 63.6 Å². The average molecular weight is 324 g/mol. The predicted molar refractivity (Wildman–Crippen MR) is 78.9 cm³/mol. The lowest BCUT2D eigenvalue weighted by atomic mass is 10.2. The van der Waals surface area contributed by atoms with Gasteiger partial charge in [-0.25, -0.2) is 16.8 Å². The number of nitrogens with zero attached hydrogens (tertiary/aromatic N) is 1. The summed E-state index contributed by atoms with van der Waals surface area (Å²) in [5.74, 6) is -0.000440. The minimum absolute atomic E-state index is 0.000220. The quantitative estimate of drug-likeness (QED) is 0.768. The first-order valence-corrected chi connectivity index (χ1v) is 10.6. The van der Waals surface area contributed by atoms with Gasteiger partial charge in [0.1, 0.15) is 9.84 Å². The Morgan fingerprint density at radius 1 is 1.20 bits per heavy atom. The summed E-state index contributed by atoms with van der Waals surface area (Å²) < 4.78 is 50.1. The summed E-state index contributed by atoms with van der Waals surface area (Å²) >= 11 is 0. The van der Waals surface area contributed by atoms with Crippen LogP contribution in [0.5, 0.6) is 0 Å². The minimum Gasteiger partial charge on any atom is -0.315 e. The molecule has 0 saturated carbocycles. The van der Waals surface area contributed by atoms with Crippen LogP contribution >= 0.6 is 0 Å². The van der Waals surface area contributed by atoms with Crippen LogP contribution in [0, 0.1) is 0 Å². The molecule has 2 fully saturated rings. The monoisotopic (exact) mass is 324 g/mol. The fourth-order valence-corrected chi connectivity index (χ4v) is 7.02.